The maximum absolute atomic E-state index is 13.4. The largest absolute Gasteiger partial charge is 0.385 e. The van der Waals surface area contributed by atoms with Crippen molar-refractivity contribution in [3.05, 3.63) is 35.9 Å². The smallest absolute Gasteiger partial charge is 0.274 e. The molecule has 3 atom stereocenters. The van der Waals surface area contributed by atoms with E-state index in [1.165, 1.54) is 0 Å². The van der Waals surface area contributed by atoms with Gasteiger partial charge in [0.05, 0.1) is 0 Å². The Balaban J connectivity index is 2.01. The Kier molecular flexibility index (Phi) is 3.97. The van der Waals surface area contributed by atoms with Crippen LogP contribution in [0.5, 0.6) is 0 Å². The van der Waals surface area contributed by atoms with Crippen molar-refractivity contribution in [2.45, 2.75) is 50.3 Å². The molecule has 0 bridgehead atoms. The predicted octanol–water partition coefficient (Wildman–Crippen LogP) is 2.89. The molecule has 0 aromatic heterocycles. The molecule has 18 heavy (non-hydrogen) atoms. The minimum atomic E-state index is -2.97. The van der Waals surface area contributed by atoms with Crippen molar-refractivity contribution in [2.75, 3.05) is 0 Å². The Bertz CT molecular complexity index is 383. The lowest BCUT2D eigenvalue weighted by Gasteiger charge is -2.36. The van der Waals surface area contributed by atoms with Gasteiger partial charge < -0.3 is 10.4 Å². The molecule has 0 amide bonds. The van der Waals surface area contributed by atoms with E-state index >= 15 is 0 Å². The molecular weight excluding hydrogens is 236 g/mol. The number of rotatable bonds is 3. The van der Waals surface area contributed by atoms with E-state index in [1.807, 2.05) is 37.3 Å². The summed E-state index contributed by atoms with van der Waals surface area (Å²) in [6, 6.07) is 9.07. The predicted molar refractivity (Wildman–Crippen MR) is 66.6 cm³/mol. The SMILES string of the molecule is C[C@@H](N[C@@H]1CCCC(F)(F)C1O)c1ccccc1. The third-order valence-electron chi connectivity index (χ3n) is 3.60. The van der Waals surface area contributed by atoms with E-state index in [2.05, 4.69) is 5.32 Å². The molecule has 2 N–H and O–H groups in total. The number of aliphatic hydroxyl groups is 1. The van der Waals surface area contributed by atoms with E-state index in [9.17, 15) is 13.9 Å². The lowest BCUT2D eigenvalue weighted by atomic mass is 9.88. The third-order valence-corrected chi connectivity index (χ3v) is 3.60. The topological polar surface area (TPSA) is 32.3 Å². The molecule has 4 heteroatoms. The molecule has 1 aliphatic carbocycles. The molecule has 0 heterocycles. The van der Waals surface area contributed by atoms with Crippen molar-refractivity contribution < 1.29 is 13.9 Å². The maximum atomic E-state index is 13.4. The molecule has 0 aliphatic heterocycles. The number of benzene rings is 1. The van der Waals surface area contributed by atoms with Gasteiger partial charge in [0, 0.05) is 18.5 Å². The molecule has 1 aliphatic rings. The number of alkyl halides is 2. The highest BCUT2D eigenvalue weighted by atomic mass is 19.3. The van der Waals surface area contributed by atoms with Gasteiger partial charge >= 0.3 is 0 Å². The summed E-state index contributed by atoms with van der Waals surface area (Å²) in [6.07, 6.45) is -0.763. The van der Waals surface area contributed by atoms with Crippen molar-refractivity contribution in [3.8, 4) is 0 Å². The lowest BCUT2D eigenvalue weighted by molar-refractivity contribution is -0.144. The molecule has 1 aromatic rings. The fourth-order valence-corrected chi connectivity index (χ4v) is 2.49. The van der Waals surface area contributed by atoms with E-state index < -0.39 is 18.1 Å². The minimum absolute atomic E-state index is 0.0419. The van der Waals surface area contributed by atoms with Crippen LogP contribution < -0.4 is 5.32 Å². The Hall–Kier alpha value is -1.00. The van der Waals surface area contributed by atoms with Crippen molar-refractivity contribution >= 4 is 0 Å². The van der Waals surface area contributed by atoms with Gasteiger partial charge in [-0.3, -0.25) is 0 Å². The third kappa shape index (κ3) is 2.87. The first kappa shape index (κ1) is 13.4. The van der Waals surface area contributed by atoms with Crippen LogP contribution >= 0.6 is 0 Å². The lowest BCUT2D eigenvalue weighted by Crippen LogP contribution is -2.53. The van der Waals surface area contributed by atoms with Crippen LogP contribution in [0.25, 0.3) is 0 Å². The highest BCUT2D eigenvalue weighted by Crippen LogP contribution is 2.34. The van der Waals surface area contributed by atoms with Crippen LogP contribution in [0.4, 0.5) is 8.78 Å². The molecule has 2 rings (SSSR count). The summed E-state index contributed by atoms with van der Waals surface area (Å²) in [5.41, 5.74) is 1.04. The number of aliphatic hydroxyl groups excluding tert-OH is 1. The fraction of sp³-hybridized carbons (Fsp3) is 0.571. The first-order valence-electron chi connectivity index (χ1n) is 6.37. The van der Waals surface area contributed by atoms with Gasteiger partial charge in [-0.2, -0.15) is 0 Å². The summed E-state index contributed by atoms with van der Waals surface area (Å²) in [5.74, 6) is -2.97. The first-order valence-corrected chi connectivity index (χ1v) is 6.37. The van der Waals surface area contributed by atoms with Gasteiger partial charge in [-0.15, -0.1) is 0 Å². The van der Waals surface area contributed by atoms with Gasteiger partial charge in [-0.25, -0.2) is 8.78 Å². The monoisotopic (exact) mass is 255 g/mol. The molecule has 1 aromatic carbocycles. The minimum Gasteiger partial charge on any atom is -0.385 e. The summed E-state index contributed by atoms with van der Waals surface area (Å²) in [5, 5.41) is 12.8. The first-order chi connectivity index (χ1) is 8.50. The molecule has 0 spiro atoms. The molecular formula is C14H19F2NO. The average molecular weight is 255 g/mol. The number of halogens is 2. The summed E-state index contributed by atoms with van der Waals surface area (Å²) in [7, 11) is 0. The molecule has 1 unspecified atom stereocenters. The van der Waals surface area contributed by atoms with Crippen LogP contribution in [0.1, 0.15) is 37.8 Å². The Labute approximate surface area is 106 Å². The second kappa shape index (κ2) is 5.33. The highest BCUT2D eigenvalue weighted by molar-refractivity contribution is 5.18. The van der Waals surface area contributed by atoms with Crippen molar-refractivity contribution in [3.63, 3.8) is 0 Å². The molecule has 1 saturated carbocycles. The summed E-state index contributed by atoms with van der Waals surface area (Å²) < 4.78 is 26.8. The Morgan fingerprint density at radius 2 is 2.00 bits per heavy atom. The van der Waals surface area contributed by atoms with Gasteiger partial charge in [0.25, 0.3) is 5.92 Å². The van der Waals surface area contributed by atoms with E-state index in [0.717, 1.165) is 5.56 Å². The van der Waals surface area contributed by atoms with Crippen molar-refractivity contribution in [2.24, 2.45) is 0 Å². The van der Waals surface area contributed by atoms with Crippen molar-refractivity contribution in [1.29, 1.82) is 0 Å². The van der Waals surface area contributed by atoms with E-state index in [-0.39, 0.29) is 12.5 Å². The van der Waals surface area contributed by atoms with Crippen LogP contribution in [0.3, 0.4) is 0 Å². The van der Waals surface area contributed by atoms with Crippen LogP contribution in [0, 0.1) is 0 Å². The average Bonchev–Trinajstić information content (AvgIpc) is 2.36. The zero-order valence-corrected chi connectivity index (χ0v) is 10.4. The normalized spacial score (nSPS) is 28.9. The highest BCUT2D eigenvalue weighted by Gasteiger charge is 2.46. The summed E-state index contributed by atoms with van der Waals surface area (Å²) in [4.78, 5) is 0. The zero-order valence-electron chi connectivity index (χ0n) is 10.4. The van der Waals surface area contributed by atoms with E-state index in [0.29, 0.717) is 12.8 Å². The molecule has 0 saturated heterocycles. The van der Waals surface area contributed by atoms with Gasteiger partial charge in [0.15, 0.2) is 0 Å². The zero-order chi connectivity index (χ0) is 13.2. The van der Waals surface area contributed by atoms with Crippen LogP contribution in [-0.2, 0) is 0 Å². The molecule has 0 radical (unpaired) electrons. The number of hydrogen-bond donors (Lipinski definition) is 2. The Morgan fingerprint density at radius 1 is 1.33 bits per heavy atom. The van der Waals surface area contributed by atoms with Gasteiger partial charge in [-0.1, -0.05) is 30.3 Å². The Morgan fingerprint density at radius 3 is 2.67 bits per heavy atom. The second-order valence-electron chi connectivity index (χ2n) is 5.00. The van der Waals surface area contributed by atoms with Gasteiger partial charge in [0.2, 0.25) is 0 Å². The maximum Gasteiger partial charge on any atom is 0.274 e. The summed E-state index contributed by atoms with van der Waals surface area (Å²) in [6.45, 7) is 1.93. The fourth-order valence-electron chi connectivity index (χ4n) is 2.49. The number of nitrogens with one attached hydrogen (secondary N) is 1. The van der Waals surface area contributed by atoms with Gasteiger partial charge in [-0.05, 0) is 25.3 Å². The van der Waals surface area contributed by atoms with Gasteiger partial charge in [0.1, 0.15) is 6.10 Å². The number of hydrogen-bond acceptors (Lipinski definition) is 2. The summed E-state index contributed by atoms with van der Waals surface area (Å²) >= 11 is 0. The molecule has 100 valence electrons. The standard InChI is InChI=1S/C14H19F2NO/c1-10(11-6-3-2-4-7-11)17-12-8-5-9-14(15,16)13(12)18/h2-4,6-7,10,12-13,17-18H,5,8-9H2,1H3/t10-,12-,13?/m1/s1. The molecule has 2 nitrogen and oxygen atoms in total. The van der Waals surface area contributed by atoms with Crippen LogP contribution in [0.15, 0.2) is 30.3 Å². The van der Waals surface area contributed by atoms with Crippen LogP contribution in [0.2, 0.25) is 0 Å². The molecule has 1 fully saturated rings. The second-order valence-corrected chi connectivity index (χ2v) is 5.00. The van der Waals surface area contributed by atoms with Crippen molar-refractivity contribution in [1.82, 2.24) is 5.32 Å². The van der Waals surface area contributed by atoms with E-state index in [1.54, 1.807) is 0 Å². The quantitative estimate of drug-likeness (QED) is 0.870. The van der Waals surface area contributed by atoms with Crippen LogP contribution in [-0.4, -0.2) is 23.2 Å². The van der Waals surface area contributed by atoms with E-state index in [4.69, 9.17) is 0 Å².